The fraction of sp³-hybridized carbons (Fsp3) is 0.429. The quantitative estimate of drug-likeness (QED) is 0.897. The van der Waals surface area contributed by atoms with Crippen LogP contribution in [-0.2, 0) is 10.0 Å². The maximum atomic E-state index is 11.9. The third-order valence-electron chi connectivity index (χ3n) is 3.34. The maximum Gasteiger partial charge on any atom is 0.233 e. The summed E-state index contributed by atoms with van der Waals surface area (Å²) in [6, 6.07) is 6.85. The lowest BCUT2D eigenvalue weighted by atomic mass is 9.94. The molecule has 1 aliphatic rings. The second kappa shape index (κ2) is 6.72. The monoisotopic (exact) mass is 315 g/mol. The van der Waals surface area contributed by atoms with Crippen LogP contribution in [0.15, 0.2) is 29.7 Å². The van der Waals surface area contributed by atoms with Gasteiger partial charge in [-0.1, -0.05) is 23.7 Å². The molecule has 6 heteroatoms. The van der Waals surface area contributed by atoms with Crippen molar-refractivity contribution in [3.8, 4) is 0 Å². The van der Waals surface area contributed by atoms with E-state index in [0.717, 1.165) is 5.56 Å². The molecule has 1 aromatic carbocycles. The van der Waals surface area contributed by atoms with Crippen LogP contribution in [0.25, 0.3) is 6.08 Å². The van der Waals surface area contributed by atoms with Crippen LogP contribution < -0.4 is 4.72 Å². The average Bonchev–Trinajstić information content (AvgIpc) is 2.41. The summed E-state index contributed by atoms with van der Waals surface area (Å²) in [6.07, 6.45) is 3.89. The van der Waals surface area contributed by atoms with E-state index in [1.54, 1.807) is 24.3 Å². The van der Waals surface area contributed by atoms with Crippen molar-refractivity contribution in [1.82, 2.24) is 4.72 Å². The number of benzene rings is 1. The first-order valence-electron chi connectivity index (χ1n) is 6.59. The van der Waals surface area contributed by atoms with Crippen LogP contribution in [0, 0.1) is 0 Å². The van der Waals surface area contributed by atoms with Crippen LogP contribution >= 0.6 is 11.6 Å². The number of aliphatic hydroxyl groups excluding tert-OH is 1. The molecule has 1 aromatic rings. The third kappa shape index (κ3) is 4.90. The highest BCUT2D eigenvalue weighted by atomic mass is 35.5. The standard InChI is InChI=1S/C14H18ClNO3S/c15-12-3-1-11(2-4-12)9-10-20(18,19)16-13-5-7-14(17)8-6-13/h1-4,9-10,13-14,16-17H,5-8H2/b10-9+. The number of aliphatic hydroxyl groups is 1. The van der Waals surface area contributed by atoms with E-state index in [9.17, 15) is 13.5 Å². The Morgan fingerprint density at radius 2 is 1.75 bits per heavy atom. The first kappa shape index (κ1) is 15.5. The van der Waals surface area contributed by atoms with Gasteiger partial charge in [-0.05, 0) is 49.5 Å². The van der Waals surface area contributed by atoms with E-state index in [1.165, 1.54) is 11.5 Å². The largest absolute Gasteiger partial charge is 0.393 e. The molecule has 0 saturated heterocycles. The fourth-order valence-corrected chi connectivity index (χ4v) is 3.45. The second-order valence-corrected chi connectivity index (χ2v) is 7.06. The number of hydrogen-bond acceptors (Lipinski definition) is 3. The average molecular weight is 316 g/mol. The molecule has 20 heavy (non-hydrogen) atoms. The highest BCUT2D eigenvalue weighted by Crippen LogP contribution is 2.19. The number of nitrogens with one attached hydrogen (secondary N) is 1. The number of sulfonamides is 1. The summed E-state index contributed by atoms with van der Waals surface area (Å²) in [5, 5.41) is 11.2. The second-order valence-electron chi connectivity index (χ2n) is 5.02. The minimum Gasteiger partial charge on any atom is -0.393 e. The van der Waals surface area contributed by atoms with Gasteiger partial charge in [0, 0.05) is 16.5 Å². The maximum absolute atomic E-state index is 11.9. The van der Waals surface area contributed by atoms with Crippen molar-refractivity contribution < 1.29 is 13.5 Å². The molecular formula is C14H18ClNO3S. The van der Waals surface area contributed by atoms with Crippen molar-refractivity contribution in [3.05, 3.63) is 40.3 Å². The van der Waals surface area contributed by atoms with Gasteiger partial charge in [-0.3, -0.25) is 0 Å². The summed E-state index contributed by atoms with van der Waals surface area (Å²) in [5.41, 5.74) is 0.777. The van der Waals surface area contributed by atoms with E-state index in [1.807, 2.05) is 0 Å². The van der Waals surface area contributed by atoms with Crippen LogP contribution in [-0.4, -0.2) is 25.7 Å². The molecule has 0 amide bonds. The molecule has 1 fully saturated rings. The van der Waals surface area contributed by atoms with Crippen LogP contribution in [0.4, 0.5) is 0 Å². The highest BCUT2D eigenvalue weighted by Gasteiger charge is 2.22. The molecule has 110 valence electrons. The lowest BCUT2D eigenvalue weighted by molar-refractivity contribution is 0.121. The van der Waals surface area contributed by atoms with Crippen molar-refractivity contribution in [3.63, 3.8) is 0 Å². The Kier molecular flexibility index (Phi) is 5.21. The van der Waals surface area contributed by atoms with Gasteiger partial charge in [0.25, 0.3) is 0 Å². The molecule has 0 unspecified atom stereocenters. The van der Waals surface area contributed by atoms with Crippen molar-refractivity contribution in [2.75, 3.05) is 0 Å². The Bertz CT molecular complexity index is 561. The van der Waals surface area contributed by atoms with Gasteiger partial charge < -0.3 is 5.11 Å². The normalized spacial score (nSPS) is 24.1. The highest BCUT2D eigenvalue weighted by molar-refractivity contribution is 7.92. The molecule has 1 saturated carbocycles. The lowest BCUT2D eigenvalue weighted by Crippen LogP contribution is -2.37. The van der Waals surface area contributed by atoms with Gasteiger partial charge >= 0.3 is 0 Å². The molecule has 2 N–H and O–H groups in total. The summed E-state index contributed by atoms with van der Waals surface area (Å²) < 4.78 is 26.5. The van der Waals surface area contributed by atoms with Crippen LogP contribution in [0.5, 0.6) is 0 Å². The number of hydrogen-bond donors (Lipinski definition) is 2. The molecule has 0 spiro atoms. The molecule has 0 aromatic heterocycles. The Hall–Kier alpha value is -0.880. The van der Waals surface area contributed by atoms with Crippen molar-refractivity contribution >= 4 is 27.7 Å². The minimum atomic E-state index is -3.45. The summed E-state index contributed by atoms with van der Waals surface area (Å²) in [5.74, 6) is 0. The van der Waals surface area contributed by atoms with E-state index in [-0.39, 0.29) is 12.1 Å². The lowest BCUT2D eigenvalue weighted by Gasteiger charge is -2.25. The summed E-state index contributed by atoms with van der Waals surface area (Å²) in [6.45, 7) is 0. The molecule has 0 bridgehead atoms. The topological polar surface area (TPSA) is 66.4 Å². The van der Waals surface area contributed by atoms with Gasteiger partial charge in [0.2, 0.25) is 10.0 Å². The Labute approximate surface area is 124 Å². The molecule has 1 aliphatic carbocycles. The van der Waals surface area contributed by atoms with E-state index >= 15 is 0 Å². The van der Waals surface area contributed by atoms with Gasteiger partial charge in [-0.25, -0.2) is 13.1 Å². The predicted molar refractivity (Wildman–Crippen MR) is 80.8 cm³/mol. The molecular weight excluding hydrogens is 298 g/mol. The summed E-state index contributed by atoms with van der Waals surface area (Å²) >= 11 is 5.77. The predicted octanol–water partition coefficient (Wildman–Crippen LogP) is 2.53. The molecule has 4 nitrogen and oxygen atoms in total. The number of rotatable bonds is 4. The van der Waals surface area contributed by atoms with Crippen molar-refractivity contribution in [2.45, 2.75) is 37.8 Å². The molecule has 0 radical (unpaired) electrons. The summed E-state index contributed by atoms with van der Waals surface area (Å²) in [4.78, 5) is 0. The summed E-state index contributed by atoms with van der Waals surface area (Å²) in [7, 11) is -3.45. The van der Waals surface area contributed by atoms with Crippen LogP contribution in [0.2, 0.25) is 5.02 Å². The van der Waals surface area contributed by atoms with E-state index in [4.69, 9.17) is 11.6 Å². The van der Waals surface area contributed by atoms with E-state index in [0.29, 0.717) is 30.7 Å². The smallest absolute Gasteiger partial charge is 0.233 e. The Morgan fingerprint density at radius 1 is 1.15 bits per heavy atom. The zero-order valence-corrected chi connectivity index (χ0v) is 12.6. The zero-order valence-electron chi connectivity index (χ0n) is 11.0. The number of halogens is 1. The Balaban J connectivity index is 1.95. The third-order valence-corrected chi connectivity index (χ3v) is 4.75. The van der Waals surface area contributed by atoms with Gasteiger partial charge in [0.05, 0.1) is 6.10 Å². The Morgan fingerprint density at radius 3 is 2.35 bits per heavy atom. The minimum absolute atomic E-state index is 0.0849. The molecule has 0 aliphatic heterocycles. The van der Waals surface area contributed by atoms with Gasteiger partial charge in [0.1, 0.15) is 0 Å². The van der Waals surface area contributed by atoms with Gasteiger partial charge in [0.15, 0.2) is 0 Å². The van der Waals surface area contributed by atoms with Crippen LogP contribution in [0.1, 0.15) is 31.2 Å². The van der Waals surface area contributed by atoms with E-state index in [2.05, 4.69) is 4.72 Å². The molecule has 0 atom stereocenters. The fourth-order valence-electron chi connectivity index (χ4n) is 2.21. The first-order chi connectivity index (χ1) is 9.44. The van der Waals surface area contributed by atoms with Crippen molar-refractivity contribution in [2.24, 2.45) is 0 Å². The van der Waals surface area contributed by atoms with E-state index < -0.39 is 10.0 Å². The van der Waals surface area contributed by atoms with Gasteiger partial charge in [-0.2, -0.15) is 0 Å². The van der Waals surface area contributed by atoms with Crippen molar-refractivity contribution in [1.29, 1.82) is 0 Å². The van der Waals surface area contributed by atoms with Gasteiger partial charge in [-0.15, -0.1) is 0 Å². The molecule has 2 rings (SSSR count). The molecule has 0 heterocycles. The zero-order chi connectivity index (χ0) is 14.6. The first-order valence-corrected chi connectivity index (χ1v) is 8.51. The SMILES string of the molecule is O=S(=O)(/C=C/c1ccc(Cl)cc1)NC1CCC(O)CC1. The van der Waals surface area contributed by atoms with Crippen LogP contribution in [0.3, 0.4) is 0 Å².